The first kappa shape index (κ1) is 24.0. The van der Waals surface area contributed by atoms with Crippen molar-refractivity contribution in [2.75, 3.05) is 11.9 Å². The number of hydrogen-bond acceptors (Lipinski definition) is 3. The lowest BCUT2D eigenvalue weighted by Gasteiger charge is -2.29. The van der Waals surface area contributed by atoms with Gasteiger partial charge in [0.05, 0.1) is 22.7 Å². The van der Waals surface area contributed by atoms with Gasteiger partial charge in [0, 0.05) is 24.7 Å². The molecule has 8 heteroatoms. The summed E-state index contributed by atoms with van der Waals surface area (Å²) in [5.74, 6) is -0.0134. The van der Waals surface area contributed by atoms with Crippen molar-refractivity contribution in [3.63, 3.8) is 0 Å². The summed E-state index contributed by atoms with van der Waals surface area (Å²) in [6, 6.07) is 11.7. The van der Waals surface area contributed by atoms with Gasteiger partial charge in [-0.1, -0.05) is 48.3 Å². The summed E-state index contributed by atoms with van der Waals surface area (Å²) in [6.07, 6.45) is -0.467. The van der Waals surface area contributed by atoms with Gasteiger partial charge >= 0.3 is 6.03 Å². The van der Waals surface area contributed by atoms with Crippen molar-refractivity contribution in [3.05, 3.63) is 63.6 Å². The summed E-state index contributed by atoms with van der Waals surface area (Å²) in [7, 11) is 0. The average molecular weight is 452 g/mol. The molecule has 0 bridgehead atoms. The molecule has 0 aromatic heterocycles. The van der Waals surface area contributed by atoms with E-state index in [4.69, 9.17) is 23.2 Å². The Bertz CT molecular complexity index is 872. The second-order valence-corrected chi connectivity index (χ2v) is 8.01. The van der Waals surface area contributed by atoms with Crippen LogP contribution in [0.4, 0.5) is 10.5 Å². The number of carbonyl (C=O) groups is 2. The predicted molar refractivity (Wildman–Crippen MR) is 121 cm³/mol. The van der Waals surface area contributed by atoms with Crippen LogP contribution in [0.3, 0.4) is 0 Å². The van der Waals surface area contributed by atoms with E-state index < -0.39 is 6.10 Å². The van der Waals surface area contributed by atoms with E-state index >= 15 is 0 Å². The number of aliphatic hydroxyl groups is 1. The standard InChI is InChI=1S/C22H27Cl2N3O3/c1-4-21(29)25-12-15-5-8-17(9-6-15)26-22(30)27(14(2)3)13-20(28)16-7-10-18(23)19(24)11-16/h5-11,14,20,28H,4,12-13H2,1-3H3,(H,25,29)(H,26,30). The van der Waals surface area contributed by atoms with E-state index in [1.165, 1.54) is 0 Å². The van der Waals surface area contributed by atoms with Crippen molar-refractivity contribution in [1.82, 2.24) is 10.2 Å². The molecule has 1 unspecified atom stereocenters. The zero-order chi connectivity index (χ0) is 22.3. The maximum atomic E-state index is 12.8. The number of nitrogens with one attached hydrogen (secondary N) is 2. The molecule has 0 aliphatic carbocycles. The minimum Gasteiger partial charge on any atom is -0.387 e. The van der Waals surface area contributed by atoms with E-state index in [0.717, 1.165) is 5.56 Å². The average Bonchev–Trinajstić information content (AvgIpc) is 2.72. The summed E-state index contributed by atoms with van der Waals surface area (Å²) in [4.78, 5) is 25.7. The molecular formula is C22H27Cl2N3O3. The number of urea groups is 1. The molecular weight excluding hydrogens is 425 g/mol. The Morgan fingerprint density at radius 2 is 1.73 bits per heavy atom. The highest BCUT2D eigenvalue weighted by atomic mass is 35.5. The van der Waals surface area contributed by atoms with Crippen LogP contribution in [0.25, 0.3) is 0 Å². The molecule has 0 heterocycles. The lowest BCUT2D eigenvalue weighted by Crippen LogP contribution is -2.42. The van der Waals surface area contributed by atoms with Gasteiger partial charge in [-0.05, 0) is 49.2 Å². The van der Waals surface area contributed by atoms with Gasteiger partial charge in [-0.2, -0.15) is 0 Å². The second-order valence-electron chi connectivity index (χ2n) is 7.19. The van der Waals surface area contributed by atoms with Crippen LogP contribution in [-0.4, -0.2) is 34.5 Å². The van der Waals surface area contributed by atoms with Crippen LogP contribution in [0.15, 0.2) is 42.5 Å². The van der Waals surface area contributed by atoms with Crippen molar-refractivity contribution in [2.24, 2.45) is 0 Å². The molecule has 6 nitrogen and oxygen atoms in total. The number of nitrogens with zero attached hydrogens (tertiary/aromatic N) is 1. The SMILES string of the molecule is CCC(=O)NCc1ccc(NC(=O)N(CC(O)c2ccc(Cl)c(Cl)c2)C(C)C)cc1. The van der Waals surface area contributed by atoms with Crippen LogP contribution in [0.5, 0.6) is 0 Å². The summed E-state index contributed by atoms with van der Waals surface area (Å²) in [5, 5.41) is 17.0. The van der Waals surface area contributed by atoms with Crippen LogP contribution in [-0.2, 0) is 11.3 Å². The van der Waals surface area contributed by atoms with Crippen LogP contribution in [0.1, 0.15) is 44.4 Å². The lowest BCUT2D eigenvalue weighted by atomic mass is 10.1. The molecule has 0 spiro atoms. The Kier molecular flexibility index (Phi) is 8.96. The molecule has 162 valence electrons. The molecule has 0 aliphatic heterocycles. The highest BCUT2D eigenvalue weighted by molar-refractivity contribution is 6.42. The van der Waals surface area contributed by atoms with Crippen molar-refractivity contribution in [2.45, 2.75) is 45.9 Å². The fourth-order valence-electron chi connectivity index (χ4n) is 2.77. The third-order valence-electron chi connectivity index (χ3n) is 4.60. The molecule has 2 aromatic carbocycles. The maximum Gasteiger partial charge on any atom is 0.322 e. The lowest BCUT2D eigenvalue weighted by molar-refractivity contribution is -0.120. The van der Waals surface area contributed by atoms with Gasteiger partial charge in [0.1, 0.15) is 0 Å². The Morgan fingerprint density at radius 1 is 1.07 bits per heavy atom. The van der Waals surface area contributed by atoms with Gasteiger partial charge in [-0.25, -0.2) is 4.79 Å². The molecule has 3 amide bonds. The minimum atomic E-state index is -0.905. The van der Waals surface area contributed by atoms with Crippen LogP contribution in [0, 0.1) is 0 Å². The third kappa shape index (κ3) is 6.90. The smallest absolute Gasteiger partial charge is 0.322 e. The molecule has 0 fully saturated rings. The van der Waals surface area contributed by atoms with Gasteiger partial charge in [0.15, 0.2) is 0 Å². The number of amides is 3. The summed E-state index contributed by atoms with van der Waals surface area (Å²) in [6.45, 7) is 6.09. The van der Waals surface area contributed by atoms with Crippen molar-refractivity contribution >= 4 is 40.8 Å². The fourth-order valence-corrected chi connectivity index (χ4v) is 3.07. The van der Waals surface area contributed by atoms with Gasteiger partial charge in [0.2, 0.25) is 5.91 Å². The van der Waals surface area contributed by atoms with Crippen molar-refractivity contribution in [1.29, 1.82) is 0 Å². The normalized spacial score (nSPS) is 11.8. The number of benzene rings is 2. The largest absolute Gasteiger partial charge is 0.387 e. The van der Waals surface area contributed by atoms with Gasteiger partial charge in [-0.3, -0.25) is 4.79 Å². The first-order valence-electron chi connectivity index (χ1n) is 9.77. The number of aliphatic hydroxyl groups excluding tert-OH is 1. The van der Waals surface area contributed by atoms with E-state index in [9.17, 15) is 14.7 Å². The zero-order valence-electron chi connectivity index (χ0n) is 17.3. The molecule has 0 saturated heterocycles. The number of hydrogen-bond donors (Lipinski definition) is 3. The Labute approximate surface area is 187 Å². The Balaban J connectivity index is 2.01. The van der Waals surface area contributed by atoms with Gasteiger partial charge < -0.3 is 20.6 Å². The van der Waals surface area contributed by atoms with Crippen LogP contribution in [0.2, 0.25) is 10.0 Å². The number of anilines is 1. The number of carbonyl (C=O) groups excluding carboxylic acids is 2. The minimum absolute atomic E-state index is 0.0134. The van der Waals surface area contributed by atoms with E-state index in [-0.39, 0.29) is 24.5 Å². The van der Waals surface area contributed by atoms with Crippen molar-refractivity contribution < 1.29 is 14.7 Å². The molecule has 0 radical (unpaired) electrons. The Hall–Kier alpha value is -2.28. The monoisotopic (exact) mass is 451 g/mol. The van der Waals surface area contributed by atoms with Crippen LogP contribution >= 0.6 is 23.2 Å². The zero-order valence-corrected chi connectivity index (χ0v) is 18.8. The summed E-state index contributed by atoms with van der Waals surface area (Å²) >= 11 is 12.0. The molecule has 2 aromatic rings. The van der Waals surface area contributed by atoms with E-state index in [2.05, 4.69) is 10.6 Å². The van der Waals surface area contributed by atoms with E-state index in [0.29, 0.717) is 34.3 Å². The second kappa shape index (κ2) is 11.2. The van der Waals surface area contributed by atoms with E-state index in [1.54, 1.807) is 42.2 Å². The van der Waals surface area contributed by atoms with Crippen molar-refractivity contribution in [3.8, 4) is 0 Å². The first-order valence-corrected chi connectivity index (χ1v) is 10.5. The number of halogens is 2. The fraction of sp³-hybridized carbons (Fsp3) is 0.364. The molecule has 2 rings (SSSR count). The van der Waals surface area contributed by atoms with Gasteiger partial charge in [0.25, 0.3) is 0 Å². The van der Waals surface area contributed by atoms with E-state index in [1.807, 2.05) is 26.0 Å². The maximum absolute atomic E-state index is 12.8. The highest BCUT2D eigenvalue weighted by Gasteiger charge is 2.22. The molecule has 1 atom stereocenters. The van der Waals surface area contributed by atoms with Gasteiger partial charge in [-0.15, -0.1) is 0 Å². The summed E-state index contributed by atoms with van der Waals surface area (Å²) in [5.41, 5.74) is 2.15. The van der Waals surface area contributed by atoms with Crippen LogP contribution < -0.4 is 10.6 Å². The third-order valence-corrected chi connectivity index (χ3v) is 5.34. The number of rotatable bonds is 8. The summed E-state index contributed by atoms with van der Waals surface area (Å²) < 4.78 is 0. The molecule has 0 saturated carbocycles. The molecule has 0 aliphatic rings. The first-order chi connectivity index (χ1) is 14.2. The highest BCUT2D eigenvalue weighted by Crippen LogP contribution is 2.26. The topological polar surface area (TPSA) is 81.7 Å². The quantitative estimate of drug-likeness (QED) is 0.528. The molecule has 30 heavy (non-hydrogen) atoms. The Morgan fingerprint density at radius 3 is 2.30 bits per heavy atom. The predicted octanol–water partition coefficient (Wildman–Crippen LogP) is 5.00. The molecule has 3 N–H and O–H groups in total.